The van der Waals surface area contributed by atoms with E-state index >= 15 is 0 Å². The van der Waals surface area contributed by atoms with Gasteiger partial charge in [-0.2, -0.15) is 0 Å². The third-order valence-corrected chi connectivity index (χ3v) is 3.77. The first-order valence-electron chi connectivity index (χ1n) is 5.73. The lowest BCUT2D eigenvalue weighted by molar-refractivity contribution is 0.0481. The zero-order valence-electron chi connectivity index (χ0n) is 9.63. The fraction of sp³-hybridized carbons (Fsp3) is 0.615. The molecular formula is C13H18N2O. The lowest BCUT2D eigenvalue weighted by Gasteiger charge is -2.41. The van der Waals surface area contributed by atoms with Crippen molar-refractivity contribution < 1.29 is 5.11 Å². The summed E-state index contributed by atoms with van der Waals surface area (Å²) in [4.78, 5) is 6.57. The summed E-state index contributed by atoms with van der Waals surface area (Å²) in [5.41, 5.74) is -0.394. The number of hydrogen-bond acceptors (Lipinski definition) is 3. The fourth-order valence-electron chi connectivity index (χ4n) is 2.87. The molecule has 1 fully saturated rings. The molecule has 3 atom stereocenters. The smallest absolute Gasteiger partial charge is 0.126 e. The fourth-order valence-corrected chi connectivity index (χ4v) is 2.87. The molecule has 2 rings (SSSR count). The van der Waals surface area contributed by atoms with Gasteiger partial charge in [0, 0.05) is 12.3 Å². The molecule has 0 spiro atoms. The average molecular weight is 218 g/mol. The Morgan fingerprint density at radius 3 is 3.00 bits per heavy atom. The van der Waals surface area contributed by atoms with Crippen molar-refractivity contribution >= 4 is 6.21 Å². The van der Waals surface area contributed by atoms with Gasteiger partial charge in [0.2, 0.25) is 0 Å². The van der Waals surface area contributed by atoms with Gasteiger partial charge in [-0.05, 0) is 32.5 Å². The number of likely N-dealkylation sites (tertiary alicyclic amines) is 1. The van der Waals surface area contributed by atoms with Crippen molar-refractivity contribution in [3.8, 4) is 12.3 Å². The van der Waals surface area contributed by atoms with Gasteiger partial charge in [0.1, 0.15) is 6.10 Å². The Balaban J connectivity index is 2.31. The van der Waals surface area contributed by atoms with Gasteiger partial charge in [0.25, 0.3) is 0 Å². The van der Waals surface area contributed by atoms with Crippen LogP contribution in [0.25, 0.3) is 0 Å². The molecule has 3 nitrogen and oxygen atoms in total. The summed E-state index contributed by atoms with van der Waals surface area (Å²) >= 11 is 0. The predicted molar refractivity (Wildman–Crippen MR) is 65.4 cm³/mol. The summed E-state index contributed by atoms with van der Waals surface area (Å²) in [6.45, 7) is 1.66. The summed E-state index contributed by atoms with van der Waals surface area (Å²) in [7, 11) is 2.09. The summed E-state index contributed by atoms with van der Waals surface area (Å²) in [5.74, 6) is 2.48. The topological polar surface area (TPSA) is 35.8 Å². The third-order valence-electron chi connectivity index (χ3n) is 3.77. The van der Waals surface area contributed by atoms with Crippen LogP contribution in [0.4, 0.5) is 0 Å². The molecule has 2 heterocycles. The zero-order valence-corrected chi connectivity index (χ0v) is 9.63. The molecule has 0 aromatic carbocycles. The van der Waals surface area contributed by atoms with Crippen LogP contribution >= 0.6 is 0 Å². The second-order valence-electron chi connectivity index (χ2n) is 4.67. The summed E-state index contributed by atoms with van der Waals surface area (Å²) in [6.07, 6.45) is 12.6. The molecule has 0 aromatic rings. The molecule has 3 unspecified atom stereocenters. The quantitative estimate of drug-likeness (QED) is 0.693. The van der Waals surface area contributed by atoms with Crippen LogP contribution in [-0.4, -0.2) is 48.5 Å². The highest BCUT2D eigenvalue weighted by molar-refractivity contribution is 5.72. The highest BCUT2D eigenvalue weighted by Crippen LogP contribution is 2.38. The van der Waals surface area contributed by atoms with E-state index < -0.39 is 11.5 Å². The number of rotatable bonds is 2. The zero-order chi connectivity index (χ0) is 11.6. The van der Waals surface area contributed by atoms with Crippen molar-refractivity contribution in [3.05, 3.63) is 12.2 Å². The molecular weight excluding hydrogens is 200 g/mol. The number of terminal acetylenes is 1. The minimum Gasteiger partial charge on any atom is -0.379 e. The highest BCUT2D eigenvalue weighted by atomic mass is 16.3. The Hall–Kier alpha value is -1.11. The molecule has 0 aliphatic carbocycles. The van der Waals surface area contributed by atoms with Gasteiger partial charge in [-0.1, -0.05) is 12.0 Å². The molecule has 16 heavy (non-hydrogen) atoms. The first kappa shape index (κ1) is 11.4. The van der Waals surface area contributed by atoms with E-state index in [1.165, 1.54) is 0 Å². The Kier molecular flexibility index (Phi) is 3.13. The van der Waals surface area contributed by atoms with E-state index in [9.17, 15) is 5.11 Å². The van der Waals surface area contributed by atoms with E-state index in [1.54, 1.807) is 6.21 Å². The SMILES string of the molecule is C#CC(O)C1(C2CCCN2C)C=CC=NC1. The molecule has 2 aliphatic heterocycles. The third kappa shape index (κ3) is 1.68. The molecule has 1 saturated heterocycles. The first-order valence-corrected chi connectivity index (χ1v) is 5.73. The van der Waals surface area contributed by atoms with Crippen LogP contribution in [0.1, 0.15) is 12.8 Å². The molecule has 86 valence electrons. The second kappa shape index (κ2) is 4.40. The van der Waals surface area contributed by atoms with Crippen molar-refractivity contribution in [1.82, 2.24) is 4.90 Å². The molecule has 0 saturated carbocycles. The predicted octanol–water partition coefficient (Wildman–Crippen LogP) is 0.702. The molecule has 1 N–H and O–H groups in total. The Bertz CT molecular complexity index is 355. The van der Waals surface area contributed by atoms with Gasteiger partial charge in [-0.15, -0.1) is 6.42 Å². The molecule has 0 bridgehead atoms. The number of aliphatic imine (C=N–C) groups is 1. The van der Waals surface area contributed by atoms with Crippen LogP contribution in [0.2, 0.25) is 0 Å². The van der Waals surface area contributed by atoms with E-state index in [2.05, 4.69) is 22.9 Å². The molecule has 0 amide bonds. The van der Waals surface area contributed by atoms with Crippen LogP contribution < -0.4 is 0 Å². The van der Waals surface area contributed by atoms with Gasteiger partial charge in [0.15, 0.2) is 0 Å². The number of hydrogen-bond donors (Lipinski definition) is 1. The van der Waals surface area contributed by atoms with Crippen LogP contribution in [-0.2, 0) is 0 Å². The van der Waals surface area contributed by atoms with E-state index in [1.807, 2.05) is 12.2 Å². The standard InChI is InChI=1S/C13H18N2O/c1-3-12(16)13(7-5-8-14-10-13)11-6-4-9-15(11)2/h1,5,7-8,11-12,16H,4,6,9-10H2,2H3. The maximum Gasteiger partial charge on any atom is 0.126 e. The lowest BCUT2D eigenvalue weighted by atomic mass is 9.73. The van der Waals surface area contributed by atoms with E-state index in [0.29, 0.717) is 12.6 Å². The van der Waals surface area contributed by atoms with E-state index in [4.69, 9.17) is 6.42 Å². The summed E-state index contributed by atoms with van der Waals surface area (Å²) in [5, 5.41) is 10.1. The number of allylic oxidation sites excluding steroid dienone is 1. The van der Waals surface area contributed by atoms with Crippen LogP contribution in [0.15, 0.2) is 17.1 Å². The van der Waals surface area contributed by atoms with E-state index in [-0.39, 0.29) is 0 Å². The highest BCUT2D eigenvalue weighted by Gasteiger charge is 2.46. The van der Waals surface area contributed by atoms with Gasteiger partial charge >= 0.3 is 0 Å². The number of aliphatic hydroxyl groups is 1. The maximum absolute atomic E-state index is 10.1. The normalized spacial score (nSPS) is 36.2. The van der Waals surface area contributed by atoms with Crippen molar-refractivity contribution in [3.63, 3.8) is 0 Å². The molecule has 2 aliphatic rings. The van der Waals surface area contributed by atoms with Crippen LogP contribution in [0.3, 0.4) is 0 Å². The van der Waals surface area contributed by atoms with Gasteiger partial charge in [0.05, 0.1) is 12.0 Å². The molecule has 0 radical (unpaired) electrons. The molecule has 3 heteroatoms. The van der Waals surface area contributed by atoms with E-state index in [0.717, 1.165) is 19.4 Å². The van der Waals surface area contributed by atoms with Gasteiger partial charge < -0.3 is 10.0 Å². The summed E-state index contributed by atoms with van der Waals surface area (Å²) in [6, 6.07) is 0.298. The second-order valence-corrected chi connectivity index (χ2v) is 4.67. The minimum atomic E-state index is -0.758. The molecule has 0 aromatic heterocycles. The number of nitrogens with zero attached hydrogens (tertiary/aromatic N) is 2. The first-order chi connectivity index (χ1) is 7.70. The largest absolute Gasteiger partial charge is 0.379 e. The average Bonchev–Trinajstić information content (AvgIpc) is 2.76. The van der Waals surface area contributed by atoms with Crippen LogP contribution in [0.5, 0.6) is 0 Å². The van der Waals surface area contributed by atoms with Crippen molar-refractivity contribution in [2.24, 2.45) is 10.4 Å². The number of aliphatic hydroxyl groups excluding tert-OH is 1. The minimum absolute atomic E-state index is 0.298. The lowest BCUT2D eigenvalue weighted by Crippen LogP contribution is -2.51. The Labute approximate surface area is 96.9 Å². The monoisotopic (exact) mass is 218 g/mol. The van der Waals surface area contributed by atoms with Gasteiger partial charge in [-0.25, -0.2) is 0 Å². The van der Waals surface area contributed by atoms with Crippen molar-refractivity contribution in [1.29, 1.82) is 0 Å². The Morgan fingerprint density at radius 2 is 2.50 bits per heavy atom. The van der Waals surface area contributed by atoms with Crippen molar-refractivity contribution in [2.45, 2.75) is 25.0 Å². The van der Waals surface area contributed by atoms with Crippen molar-refractivity contribution in [2.75, 3.05) is 20.1 Å². The summed E-state index contributed by atoms with van der Waals surface area (Å²) < 4.78 is 0. The van der Waals surface area contributed by atoms with Crippen LogP contribution in [0, 0.1) is 17.8 Å². The van der Waals surface area contributed by atoms with Gasteiger partial charge in [-0.3, -0.25) is 4.99 Å². The maximum atomic E-state index is 10.1. The number of dihydropyridines is 1. The Morgan fingerprint density at radius 1 is 1.69 bits per heavy atom.